The molecule has 4 heteroatoms. The topological polar surface area (TPSA) is 35.0 Å². The molecule has 154 valence electrons. The summed E-state index contributed by atoms with van der Waals surface area (Å²) in [4.78, 5) is 9.83. The van der Waals surface area contributed by atoms with Gasteiger partial charge in [0, 0.05) is 23.3 Å². The minimum Gasteiger partial charge on any atom is -0.438 e. The highest BCUT2D eigenvalue weighted by atomic mass is 32.2. The van der Waals surface area contributed by atoms with Crippen molar-refractivity contribution in [3.8, 4) is 23.0 Å². The summed E-state index contributed by atoms with van der Waals surface area (Å²) >= 11 is 1.75. The van der Waals surface area contributed by atoms with Crippen molar-refractivity contribution < 1.29 is 4.74 Å². The second kappa shape index (κ2) is 8.13. The zero-order chi connectivity index (χ0) is 21.3. The molecular weight excluding hydrogens is 412 g/mol. The van der Waals surface area contributed by atoms with Crippen LogP contribution in [0.2, 0.25) is 0 Å². The fourth-order valence-electron chi connectivity index (χ4n) is 4.12. The van der Waals surface area contributed by atoms with E-state index in [2.05, 4.69) is 60.7 Å². The molecule has 1 aliphatic heterocycles. The van der Waals surface area contributed by atoms with E-state index in [1.54, 1.807) is 11.8 Å². The van der Waals surface area contributed by atoms with E-state index in [1.165, 1.54) is 21.9 Å². The second-order valence-corrected chi connectivity index (χ2v) is 8.78. The SMILES string of the molecule is c1ccc(CSc2nc(-c3ccccc3)nc3c2Cc2c(ccc4ccccc24)O3)cc1. The molecule has 0 atom stereocenters. The molecule has 0 saturated carbocycles. The van der Waals surface area contributed by atoms with Gasteiger partial charge in [-0.25, -0.2) is 4.98 Å². The molecule has 6 rings (SSSR count). The summed E-state index contributed by atoms with van der Waals surface area (Å²) in [7, 11) is 0. The molecule has 0 amide bonds. The summed E-state index contributed by atoms with van der Waals surface area (Å²) < 4.78 is 6.38. The van der Waals surface area contributed by atoms with Crippen molar-refractivity contribution in [2.75, 3.05) is 0 Å². The van der Waals surface area contributed by atoms with Gasteiger partial charge in [0.15, 0.2) is 5.82 Å². The van der Waals surface area contributed by atoms with Crippen LogP contribution in [0.15, 0.2) is 102 Å². The van der Waals surface area contributed by atoms with Gasteiger partial charge in [-0.1, -0.05) is 91.0 Å². The largest absolute Gasteiger partial charge is 0.438 e. The molecule has 0 bridgehead atoms. The maximum Gasteiger partial charge on any atom is 0.227 e. The van der Waals surface area contributed by atoms with Crippen LogP contribution >= 0.6 is 11.8 Å². The van der Waals surface area contributed by atoms with Gasteiger partial charge in [0.1, 0.15) is 10.8 Å². The third-order valence-electron chi connectivity index (χ3n) is 5.74. The number of hydrogen-bond acceptors (Lipinski definition) is 4. The standard InChI is InChI=1S/C28H20N2OS/c1-3-9-19(10-4-1)18-32-28-24-17-23-22-14-8-7-11-20(22)15-16-25(23)31-27(24)29-26(30-28)21-12-5-2-6-13-21/h1-16H,17-18H2. The summed E-state index contributed by atoms with van der Waals surface area (Å²) in [5.41, 5.74) is 4.53. The van der Waals surface area contributed by atoms with E-state index < -0.39 is 0 Å². The van der Waals surface area contributed by atoms with Crippen LogP contribution in [0.3, 0.4) is 0 Å². The van der Waals surface area contributed by atoms with Crippen molar-refractivity contribution in [3.05, 3.63) is 114 Å². The highest BCUT2D eigenvalue weighted by Gasteiger charge is 2.25. The van der Waals surface area contributed by atoms with Crippen LogP contribution in [0.1, 0.15) is 16.7 Å². The van der Waals surface area contributed by atoms with Gasteiger partial charge in [-0.15, -0.1) is 11.8 Å². The van der Waals surface area contributed by atoms with Crippen LogP contribution in [0.25, 0.3) is 22.2 Å². The molecule has 0 saturated heterocycles. The number of nitrogens with zero attached hydrogens (tertiary/aromatic N) is 2. The lowest BCUT2D eigenvalue weighted by molar-refractivity contribution is 0.437. The van der Waals surface area contributed by atoms with Crippen LogP contribution in [-0.4, -0.2) is 9.97 Å². The molecule has 1 aliphatic rings. The maximum absolute atomic E-state index is 6.38. The fourth-order valence-corrected chi connectivity index (χ4v) is 5.10. The van der Waals surface area contributed by atoms with Crippen LogP contribution in [0.4, 0.5) is 0 Å². The number of benzene rings is 4. The van der Waals surface area contributed by atoms with Gasteiger partial charge in [0.2, 0.25) is 5.88 Å². The summed E-state index contributed by atoms with van der Waals surface area (Å²) in [6.07, 6.45) is 0.762. The zero-order valence-corrected chi connectivity index (χ0v) is 18.2. The number of thioether (sulfide) groups is 1. The number of aromatic nitrogens is 2. The van der Waals surface area contributed by atoms with Gasteiger partial charge >= 0.3 is 0 Å². The van der Waals surface area contributed by atoms with E-state index in [4.69, 9.17) is 14.7 Å². The van der Waals surface area contributed by atoms with Crippen LogP contribution < -0.4 is 4.74 Å². The second-order valence-electron chi connectivity index (χ2n) is 7.82. The first-order valence-corrected chi connectivity index (χ1v) is 11.7. The van der Waals surface area contributed by atoms with Crippen LogP contribution in [0, 0.1) is 0 Å². The molecule has 3 nitrogen and oxygen atoms in total. The molecule has 0 fully saturated rings. The summed E-state index contributed by atoms with van der Waals surface area (Å²) in [6.45, 7) is 0. The van der Waals surface area contributed by atoms with Gasteiger partial charge in [-0.2, -0.15) is 4.98 Å². The van der Waals surface area contributed by atoms with Gasteiger partial charge in [0.05, 0.1) is 5.56 Å². The zero-order valence-electron chi connectivity index (χ0n) is 17.4. The Balaban J connectivity index is 1.46. The summed E-state index contributed by atoms with van der Waals surface area (Å²) in [6, 6.07) is 33.2. The van der Waals surface area contributed by atoms with Crippen molar-refractivity contribution in [1.29, 1.82) is 0 Å². The van der Waals surface area contributed by atoms with Gasteiger partial charge in [-0.3, -0.25) is 0 Å². The molecule has 32 heavy (non-hydrogen) atoms. The highest BCUT2D eigenvalue weighted by Crippen LogP contribution is 2.43. The minimum atomic E-state index is 0.664. The predicted molar refractivity (Wildman–Crippen MR) is 130 cm³/mol. The van der Waals surface area contributed by atoms with E-state index in [-0.39, 0.29) is 0 Å². The van der Waals surface area contributed by atoms with Gasteiger partial charge in [0.25, 0.3) is 0 Å². The number of fused-ring (bicyclic) bond motifs is 4. The normalized spacial score (nSPS) is 12.1. The molecule has 0 radical (unpaired) electrons. The minimum absolute atomic E-state index is 0.664. The van der Waals surface area contributed by atoms with Crippen molar-refractivity contribution in [2.24, 2.45) is 0 Å². The molecule has 0 N–H and O–H groups in total. The average Bonchev–Trinajstić information content (AvgIpc) is 2.87. The number of hydrogen-bond donors (Lipinski definition) is 0. The van der Waals surface area contributed by atoms with Gasteiger partial charge < -0.3 is 4.74 Å². The molecular formula is C28H20N2OS. The Hall–Kier alpha value is -3.63. The molecule has 0 aliphatic carbocycles. The average molecular weight is 433 g/mol. The van der Waals surface area contributed by atoms with Crippen LogP contribution in [0.5, 0.6) is 11.6 Å². The van der Waals surface area contributed by atoms with E-state index in [0.29, 0.717) is 11.7 Å². The van der Waals surface area contributed by atoms with Crippen molar-refractivity contribution >= 4 is 22.5 Å². The van der Waals surface area contributed by atoms with Crippen molar-refractivity contribution in [2.45, 2.75) is 17.2 Å². The lowest BCUT2D eigenvalue weighted by Crippen LogP contribution is -2.09. The third kappa shape index (κ3) is 3.53. The van der Waals surface area contributed by atoms with Gasteiger partial charge in [-0.05, 0) is 22.4 Å². The van der Waals surface area contributed by atoms with E-state index in [1.807, 2.05) is 36.4 Å². The number of ether oxygens (including phenoxy) is 1. The molecule has 1 aromatic heterocycles. The predicted octanol–water partition coefficient (Wildman–Crippen LogP) is 7.29. The Labute approximate surface area is 191 Å². The molecule has 0 spiro atoms. The smallest absolute Gasteiger partial charge is 0.227 e. The Morgan fingerprint density at radius 1 is 0.719 bits per heavy atom. The maximum atomic E-state index is 6.38. The Morgan fingerprint density at radius 2 is 1.47 bits per heavy atom. The molecule has 5 aromatic rings. The first-order chi connectivity index (χ1) is 15.8. The van der Waals surface area contributed by atoms with E-state index in [9.17, 15) is 0 Å². The first-order valence-electron chi connectivity index (χ1n) is 10.7. The lowest BCUT2D eigenvalue weighted by Gasteiger charge is -2.23. The quantitative estimate of drug-likeness (QED) is 0.216. The molecule has 2 heterocycles. The monoisotopic (exact) mass is 432 g/mol. The first kappa shape index (κ1) is 19.1. The molecule has 4 aromatic carbocycles. The van der Waals surface area contributed by atoms with Crippen LogP contribution in [-0.2, 0) is 12.2 Å². The summed E-state index contributed by atoms with van der Waals surface area (Å²) in [5.74, 6) is 3.09. The van der Waals surface area contributed by atoms with Crippen molar-refractivity contribution in [1.82, 2.24) is 9.97 Å². The highest BCUT2D eigenvalue weighted by molar-refractivity contribution is 7.98. The Bertz CT molecular complexity index is 1420. The Morgan fingerprint density at radius 3 is 2.31 bits per heavy atom. The van der Waals surface area contributed by atoms with E-state index >= 15 is 0 Å². The number of rotatable bonds is 4. The van der Waals surface area contributed by atoms with Crippen molar-refractivity contribution in [3.63, 3.8) is 0 Å². The third-order valence-corrected chi connectivity index (χ3v) is 6.83. The Kier molecular flexibility index (Phi) is 4.85. The van der Waals surface area contributed by atoms with E-state index in [0.717, 1.165) is 34.1 Å². The fraction of sp³-hybridized carbons (Fsp3) is 0.0714. The molecule has 0 unspecified atom stereocenters. The summed E-state index contributed by atoms with van der Waals surface area (Å²) in [5, 5.41) is 3.43. The lowest BCUT2D eigenvalue weighted by atomic mass is 9.97.